The summed E-state index contributed by atoms with van der Waals surface area (Å²) < 4.78 is 5.68. The number of benzene rings is 1. The molecule has 1 aromatic rings. The van der Waals surface area contributed by atoms with Crippen molar-refractivity contribution in [3.8, 4) is 0 Å². The van der Waals surface area contributed by atoms with Gasteiger partial charge in [0, 0.05) is 17.9 Å². The van der Waals surface area contributed by atoms with Crippen molar-refractivity contribution < 1.29 is 14.3 Å². The van der Waals surface area contributed by atoms with E-state index in [0.717, 1.165) is 32.1 Å². The summed E-state index contributed by atoms with van der Waals surface area (Å²) in [6.45, 7) is 3.86. The fraction of sp³-hybridized carbons (Fsp3) is 0.478. The molecule has 136 valence electrons. The Morgan fingerprint density at radius 2 is 1.81 bits per heavy atom. The topological polar surface area (TPSA) is 43.4 Å². The lowest BCUT2D eigenvalue weighted by Crippen LogP contribution is -2.22. The minimum absolute atomic E-state index is 0.0129. The van der Waals surface area contributed by atoms with Crippen molar-refractivity contribution in [2.45, 2.75) is 44.6 Å². The SMILES string of the molecule is C=CC1CCC(CC(=O)c2ccc(C(=O)OC3CC4C=CC3C4)cc2)C1. The Labute approximate surface area is 155 Å². The second kappa shape index (κ2) is 7.22. The van der Waals surface area contributed by atoms with E-state index >= 15 is 0 Å². The maximum Gasteiger partial charge on any atom is 0.338 e. The normalized spacial score (nSPS) is 31.9. The standard InChI is InChI=1S/C23H26O3/c1-2-15-3-4-16(11-15)13-21(24)18-7-9-19(10-8-18)23(25)26-22-14-17-5-6-20(22)12-17/h2,5-10,15-17,20,22H,1,3-4,11-14H2. The summed E-state index contributed by atoms with van der Waals surface area (Å²) in [5, 5.41) is 0. The number of Topliss-reactive ketones (excluding diaryl/α,β-unsaturated/α-hetero) is 1. The second-order valence-corrected chi connectivity index (χ2v) is 8.10. The lowest BCUT2D eigenvalue weighted by atomic mass is 9.95. The van der Waals surface area contributed by atoms with Crippen LogP contribution in [0.15, 0.2) is 49.1 Å². The van der Waals surface area contributed by atoms with Crippen molar-refractivity contribution in [3.05, 3.63) is 60.2 Å². The predicted octanol–water partition coefficient (Wildman–Crippen LogP) is 4.98. The second-order valence-electron chi connectivity index (χ2n) is 8.10. The Hall–Kier alpha value is -2.16. The monoisotopic (exact) mass is 350 g/mol. The molecule has 3 aliphatic rings. The smallest absolute Gasteiger partial charge is 0.338 e. The molecule has 0 radical (unpaired) electrons. The number of carbonyl (C=O) groups is 2. The molecule has 0 heterocycles. The van der Waals surface area contributed by atoms with Gasteiger partial charge in [-0.2, -0.15) is 0 Å². The summed E-state index contributed by atoms with van der Waals surface area (Å²) in [5.74, 6) is 1.87. The first kappa shape index (κ1) is 17.3. The molecule has 2 saturated carbocycles. The van der Waals surface area contributed by atoms with E-state index in [-0.39, 0.29) is 17.9 Å². The molecule has 1 aromatic carbocycles. The molecule has 0 N–H and O–H groups in total. The zero-order valence-corrected chi connectivity index (χ0v) is 15.1. The van der Waals surface area contributed by atoms with Gasteiger partial charge in [-0.05, 0) is 62.0 Å². The van der Waals surface area contributed by atoms with Crippen LogP contribution in [0.2, 0.25) is 0 Å². The first-order valence-electron chi connectivity index (χ1n) is 9.77. The van der Waals surface area contributed by atoms with Crippen molar-refractivity contribution in [2.75, 3.05) is 0 Å². The molecule has 3 nitrogen and oxygen atoms in total. The number of hydrogen-bond acceptors (Lipinski definition) is 3. The van der Waals surface area contributed by atoms with Crippen LogP contribution < -0.4 is 0 Å². The average Bonchev–Trinajstić information content (AvgIpc) is 3.38. The van der Waals surface area contributed by atoms with Crippen LogP contribution in [0.3, 0.4) is 0 Å². The van der Waals surface area contributed by atoms with Gasteiger partial charge in [-0.3, -0.25) is 4.79 Å². The molecule has 0 saturated heterocycles. The molecule has 2 bridgehead atoms. The summed E-state index contributed by atoms with van der Waals surface area (Å²) in [6, 6.07) is 6.97. The van der Waals surface area contributed by atoms with E-state index in [1.165, 1.54) is 0 Å². The zero-order valence-electron chi connectivity index (χ0n) is 15.1. The number of rotatable bonds is 6. The van der Waals surface area contributed by atoms with Crippen LogP contribution in [0.1, 0.15) is 59.2 Å². The minimum Gasteiger partial charge on any atom is -0.458 e. The highest BCUT2D eigenvalue weighted by Crippen LogP contribution is 2.41. The van der Waals surface area contributed by atoms with E-state index in [4.69, 9.17) is 4.74 Å². The van der Waals surface area contributed by atoms with Crippen LogP contribution in [0.4, 0.5) is 0 Å². The van der Waals surface area contributed by atoms with Gasteiger partial charge in [0.25, 0.3) is 0 Å². The lowest BCUT2D eigenvalue weighted by Gasteiger charge is -2.18. The van der Waals surface area contributed by atoms with Gasteiger partial charge in [-0.25, -0.2) is 4.79 Å². The highest BCUT2D eigenvalue weighted by molar-refractivity contribution is 5.97. The van der Waals surface area contributed by atoms with Crippen LogP contribution in [0, 0.1) is 23.7 Å². The van der Waals surface area contributed by atoms with Crippen LogP contribution >= 0.6 is 0 Å². The Morgan fingerprint density at radius 3 is 2.42 bits per heavy atom. The van der Waals surface area contributed by atoms with E-state index in [1.807, 2.05) is 6.08 Å². The van der Waals surface area contributed by atoms with Crippen LogP contribution in [-0.2, 0) is 4.74 Å². The number of ketones is 1. The van der Waals surface area contributed by atoms with Gasteiger partial charge in [-0.15, -0.1) is 6.58 Å². The molecule has 4 rings (SSSR count). The van der Waals surface area contributed by atoms with Gasteiger partial charge >= 0.3 is 5.97 Å². The first-order valence-corrected chi connectivity index (χ1v) is 9.77. The molecular formula is C23H26O3. The third-order valence-electron chi connectivity index (χ3n) is 6.31. The third-order valence-corrected chi connectivity index (χ3v) is 6.31. The van der Waals surface area contributed by atoms with Crippen molar-refractivity contribution >= 4 is 11.8 Å². The van der Waals surface area contributed by atoms with Gasteiger partial charge in [0.15, 0.2) is 5.78 Å². The van der Waals surface area contributed by atoms with Gasteiger partial charge < -0.3 is 4.74 Å². The van der Waals surface area contributed by atoms with E-state index in [1.54, 1.807) is 24.3 Å². The van der Waals surface area contributed by atoms with E-state index < -0.39 is 0 Å². The molecule has 2 fully saturated rings. The van der Waals surface area contributed by atoms with Gasteiger partial charge in [0.05, 0.1) is 5.56 Å². The van der Waals surface area contributed by atoms with Gasteiger partial charge in [0.2, 0.25) is 0 Å². The number of fused-ring (bicyclic) bond motifs is 2. The Morgan fingerprint density at radius 1 is 1.04 bits per heavy atom. The van der Waals surface area contributed by atoms with Gasteiger partial charge in [-0.1, -0.05) is 30.4 Å². The van der Waals surface area contributed by atoms with Crippen molar-refractivity contribution in [1.82, 2.24) is 0 Å². The van der Waals surface area contributed by atoms with Crippen molar-refractivity contribution in [2.24, 2.45) is 23.7 Å². The maximum absolute atomic E-state index is 12.5. The Kier molecular flexibility index (Phi) is 4.80. The summed E-state index contributed by atoms with van der Waals surface area (Å²) in [5.41, 5.74) is 1.22. The quantitative estimate of drug-likeness (QED) is 0.413. The number of hydrogen-bond donors (Lipinski definition) is 0. The highest BCUT2D eigenvalue weighted by Gasteiger charge is 2.38. The predicted molar refractivity (Wildman–Crippen MR) is 101 cm³/mol. The van der Waals surface area contributed by atoms with Gasteiger partial charge in [0.1, 0.15) is 6.10 Å². The molecule has 0 spiro atoms. The maximum atomic E-state index is 12.5. The van der Waals surface area contributed by atoms with E-state index in [2.05, 4.69) is 18.7 Å². The average molecular weight is 350 g/mol. The molecule has 26 heavy (non-hydrogen) atoms. The zero-order chi connectivity index (χ0) is 18.1. The molecule has 5 atom stereocenters. The first-order chi connectivity index (χ1) is 12.6. The van der Waals surface area contributed by atoms with Crippen LogP contribution in [0.25, 0.3) is 0 Å². The summed E-state index contributed by atoms with van der Waals surface area (Å²) in [4.78, 5) is 24.9. The fourth-order valence-electron chi connectivity index (χ4n) is 4.76. The minimum atomic E-state index is -0.278. The molecule has 0 amide bonds. The fourth-order valence-corrected chi connectivity index (χ4v) is 4.76. The van der Waals surface area contributed by atoms with E-state index in [0.29, 0.717) is 41.2 Å². The molecule has 0 aromatic heterocycles. The van der Waals surface area contributed by atoms with Crippen molar-refractivity contribution in [3.63, 3.8) is 0 Å². The highest BCUT2D eigenvalue weighted by atomic mass is 16.5. The largest absolute Gasteiger partial charge is 0.458 e. The summed E-state index contributed by atoms with van der Waals surface area (Å²) >= 11 is 0. The van der Waals surface area contributed by atoms with Crippen molar-refractivity contribution in [1.29, 1.82) is 0 Å². The van der Waals surface area contributed by atoms with E-state index in [9.17, 15) is 9.59 Å². The molecule has 3 heteroatoms. The number of allylic oxidation sites excluding steroid dienone is 2. The number of carbonyl (C=O) groups excluding carboxylic acids is 2. The lowest BCUT2D eigenvalue weighted by molar-refractivity contribution is 0.0242. The van der Waals surface area contributed by atoms with Crippen LogP contribution in [-0.4, -0.2) is 17.9 Å². The third kappa shape index (κ3) is 3.53. The number of esters is 1. The molecule has 3 aliphatic carbocycles. The molecule has 0 aliphatic heterocycles. The Balaban J connectivity index is 1.32. The number of ether oxygens (including phenoxy) is 1. The molecular weight excluding hydrogens is 324 g/mol. The Bertz CT molecular complexity index is 730. The summed E-state index contributed by atoms with van der Waals surface area (Å²) in [7, 11) is 0. The van der Waals surface area contributed by atoms with Crippen LogP contribution in [0.5, 0.6) is 0 Å². The molecule has 5 unspecified atom stereocenters. The summed E-state index contributed by atoms with van der Waals surface area (Å²) in [6.07, 6.45) is 12.4.